The van der Waals surface area contributed by atoms with E-state index in [-0.39, 0.29) is 11.8 Å². The minimum atomic E-state index is -0.482. The van der Waals surface area contributed by atoms with Crippen LogP contribution in [0.4, 0.5) is 5.00 Å². The van der Waals surface area contributed by atoms with Gasteiger partial charge in [0, 0.05) is 21.0 Å². The van der Waals surface area contributed by atoms with Crippen LogP contribution in [0.2, 0.25) is 5.02 Å². The van der Waals surface area contributed by atoms with Gasteiger partial charge in [-0.05, 0) is 48.9 Å². The molecule has 1 amide bonds. The Kier molecular flexibility index (Phi) is 6.79. The van der Waals surface area contributed by atoms with Gasteiger partial charge in [-0.1, -0.05) is 67.9 Å². The lowest BCUT2D eigenvalue weighted by Gasteiger charge is -2.15. The highest BCUT2D eigenvalue weighted by atomic mass is 35.5. The largest absolute Gasteiger partial charge is 0.388 e. The molecular formula is C26H27ClN2O2S. The molecule has 0 spiro atoms. The number of halogens is 1. The molecule has 0 bridgehead atoms. The Morgan fingerprint density at radius 2 is 1.81 bits per heavy atom. The number of nitrogens with one attached hydrogen (secondary N) is 1. The summed E-state index contributed by atoms with van der Waals surface area (Å²) in [7, 11) is 0. The number of hydrogen-bond donors (Lipinski definition) is 2. The van der Waals surface area contributed by atoms with Gasteiger partial charge < -0.3 is 10.4 Å². The van der Waals surface area contributed by atoms with E-state index in [0.29, 0.717) is 5.02 Å². The second kappa shape index (κ2) is 9.57. The Hall–Kier alpha value is -2.47. The molecule has 32 heavy (non-hydrogen) atoms. The summed E-state index contributed by atoms with van der Waals surface area (Å²) in [4.78, 5) is 18.4. The van der Waals surface area contributed by atoms with Gasteiger partial charge in [-0.3, -0.25) is 9.79 Å². The van der Waals surface area contributed by atoms with Gasteiger partial charge in [0.05, 0.1) is 11.8 Å². The second-order valence-corrected chi connectivity index (χ2v) is 10.1. The summed E-state index contributed by atoms with van der Waals surface area (Å²) in [5.74, 6) is 0.0790. The summed E-state index contributed by atoms with van der Waals surface area (Å²) in [5.41, 5.74) is 4.68. The Balaban J connectivity index is 1.57. The van der Waals surface area contributed by atoms with E-state index in [9.17, 15) is 9.90 Å². The highest BCUT2D eigenvalue weighted by Crippen LogP contribution is 2.35. The summed E-state index contributed by atoms with van der Waals surface area (Å²) < 4.78 is 0. The van der Waals surface area contributed by atoms with Gasteiger partial charge in [0.15, 0.2) is 0 Å². The Bertz CT molecular complexity index is 1150. The van der Waals surface area contributed by atoms with Gasteiger partial charge in [-0.25, -0.2) is 0 Å². The fourth-order valence-electron chi connectivity index (χ4n) is 3.77. The smallest absolute Gasteiger partial charge is 0.249 e. The number of thiophene rings is 1. The molecule has 6 heteroatoms. The number of benzene rings is 2. The van der Waals surface area contributed by atoms with Crippen LogP contribution >= 0.6 is 22.9 Å². The van der Waals surface area contributed by atoms with Crippen LogP contribution in [-0.2, 0) is 17.6 Å². The van der Waals surface area contributed by atoms with Gasteiger partial charge in [0.2, 0.25) is 5.91 Å². The Morgan fingerprint density at radius 1 is 1.09 bits per heavy atom. The van der Waals surface area contributed by atoms with Crippen molar-refractivity contribution < 1.29 is 9.90 Å². The highest BCUT2D eigenvalue weighted by Gasteiger charge is 2.26. The molecule has 1 aliphatic heterocycles. The molecule has 166 valence electrons. The average molecular weight is 467 g/mol. The van der Waals surface area contributed by atoms with E-state index >= 15 is 0 Å². The van der Waals surface area contributed by atoms with Crippen LogP contribution in [0.15, 0.2) is 59.6 Å². The lowest BCUT2D eigenvalue weighted by molar-refractivity contribution is -0.116. The van der Waals surface area contributed by atoms with Gasteiger partial charge in [0.25, 0.3) is 0 Å². The van der Waals surface area contributed by atoms with Crippen molar-refractivity contribution in [1.29, 1.82) is 0 Å². The number of aliphatic hydroxyl groups excluding tert-OH is 1. The number of carbonyl (C=O) groups excluding carboxylic acids is 1. The number of carbonyl (C=O) groups is 1. The number of hydrogen-bond acceptors (Lipinski definition) is 4. The molecule has 4 nitrogen and oxygen atoms in total. The van der Waals surface area contributed by atoms with E-state index in [4.69, 9.17) is 16.6 Å². The van der Waals surface area contributed by atoms with Crippen molar-refractivity contribution in [2.75, 3.05) is 5.32 Å². The van der Waals surface area contributed by atoms with E-state index in [0.717, 1.165) is 40.2 Å². The Labute approximate surface area is 198 Å². The molecule has 1 aromatic heterocycles. The molecule has 0 saturated heterocycles. The van der Waals surface area contributed by atoms with Gasteiger partial charge >= 0.3 is 0 Å². The first-order valence-electron chi connectivity index (χ1n) is 10.9. The summed E-state index contributed by atoms with van der Waals surface area (Å²) >= 11 is 8.06. The molecule has 2 N–H and O–H groups in total. The number of fused-ring (bicyclic) bond motifs is 1. The summed E-state index contributed by atoms with van der Waals surface area (Å²) in [6.45, 7) is 5.82. The average Bonchev–Trinajstić information content (AvgIpc) is 3.13. The molecule has 2 heterocycles. The van der Waals surface area contributed by atoms with Crippen molar-refractivity contribution in [3.05, 3.63) is 86.8 Å². The molecule has 0 fully saturated rings. The molecule has 2 unspecified atom stereocenters. The standard InChI is InChI=1S/C26H27ClN2O2S/c1-15(2)24(30)18-11-8-17(9-12-18)10-13-19-14-21-23(20-6-4-5-7-22(20)27)28-16(3)25(31)29-26(21)32-19/h4-9,11-12,14-16,24,30H,10,13H2,1-3H3,(H,29,31). The lowest BCUT2D eigenvalue weighted by Crippen LogP contribution is -2.22. The van der Waals surface area contributed by atoms with E-state index in [1.807, 2.05) is 50.2 Å². The quantitative estimate of drug-likeness (QED) is 0.464. The van der Waals surface area contributed by atoms with E-state index in [2.05, 4.69) is 23.5 Å². The van der Waals surface area contributed by atoms with Crippen molar-refractivity contribution in [2.45, 2.75) is 45.8 Å². The molecule has 3 aromatic rings. The summed E-state index contributed by atoms with van der Waals surface area (Å²) in [6.07, 6.45) is 1.29. The number of aliphatic imine (C=N–C) groups is 1. The van der Waals surface area contributed by atoms with Crippen molar-refractivity contribution in [2.24, 2.45) is 10.9 Å². The van der Waals surface area contributed by atoms with Gasteiger partial charge in [0.1, 0.15) is 11.0 Å². The van der Waals surface area contributed by atoms with Crippen molar-refractivity contribution in [3.8, 4) is 0 Å². The number of anilines is 1. The first-order valence-corrected chi connectivity index (χ1v) is 12.1. The van der Waals surface area contributed by atoms with Gasteiger partial charge in [-0.15, -0.1) is 11.3 Å². The molecule has 2 atom stereocenters. The zero-order valence-electron chi connectivity index (χ0n) is 18.4. The first kappa shape index (κ1) is 22.7. The fraction of sp³-hybridized carbons (Fsp3) is 0.308. The Morgan fingerprint density at radius 3 is 2.50 bits per heavy atom. The molecule has 0 aliphatic carbocycles. The van der Waals surface area contributed by atoms with Crippen LogP contribution in [0, 0.1) is 5.92 Å². The van der Waals surface area contributed by atoms with Crippen LogP contribution in [0.3, 0.4) is 0 Å². The molecule has 0 saturated carbocycles. The monoisotopic (exact) mass is 466 g/mol. The SMILES string of the molecule is CC1N=C(c2ccccc2Cl)c2cc(CCc3ccc(C(O)C(C)C)cc3)sc2NC1=O. The minimum Gasteiger partial charge on any atom is -0.388 e. The van der Waals surface area contributed by atoms with E-state index in [1.165, 1.54) is 10.4 Å². The van der Waals surface area contributed by atoms with Crippen LogP contribution in [0.25, 0.3) is 0 Å². The number of aliphatic hydroxyl groups is 1. The van der Waals surface area contributed by atoms with Crippen molar-refractivity contribution >= 4 is 39.6 Å². The number of aryl methyl sites for hydroxylation is 2. The third-order valence-electron chi connectivity index (χ3n) is 5.72. The van der Waals surface area contributed by atoms with Crippen LogP contribution in [0.1, 0.15) is 54.0 Å². The lowest BCUT2D eigenvalue weighted by atomic mass is 9.97. The number of amides is 1. The topological polar surface area (TPSA) is 61.7 Å². The molecule has 1 aliphatic rings. The normalized spacial score (nSPS) is 16.9. The predicted molar refractivity (Wildman–Crippen MR) is 133 cm³/mol. The fourth-order valence-corrected chi connectivity index (χ4v) is 5.06. The van der Waals surface area contributed by atoms with Crippen LogP contribution < -0.4 is 5.32 Å². The number of rotatable bonds is 6. The van der Waals surface area contributed by atoms with Crippen LogP contribution in [0.5, 0.6) is 0 Å². The zero-order valence-corrected chi connectivity index (χ0v) is 20.0. The maximum atomic E-state index is 12.5. The predicted octanol–water partition coefficient (Wildman–Crippen LogP) is 6.05. The summed E-state index contributed by atoms with van der Waals surface area (Å²) in [6, 6.07) is 17.4. The molecule has 2 aromatic carbocycles. The number of nitrogens with zero attached hydrogens (tertiary/aromatic N) is 1. The second-order valence-electron chi connectivity index (χ2n) is 8.51. The minimum absolute atomic E-state index is 0.110. The van der Waals surface area contributed by atoms with E-state index < -0.39 is 12.1 Å². The maximum absolute atomic E-state index is 12.5. The first-order chi connectivity index (χ1) is 15.3. The molecular weight excluding hydrogens is 440 g/mol. The third kappa shape index (κ3) is 4.80. The third-order valence-corrected chi connectivity index (χ3v) is 7.16. The maximum Gasteiger partial charge on any atom is 0.249 e. The molecule has 0 radical (unpaired) electrons. The van der Waals surface area contributed by atoms with E-state index in [1.54, 1.807) is 18.3 Å². The van der Waals surface area contributed by atoms with Gasteiger partial charge in [-0.2, -0.15) is 0 Å². The zero-order chi connectivity index (χ0) is 22.8. The molecule has 4 rings (SSSR count). The van der Waals surface area contributed by atoms with Crippen molar-refractivity contribution in [1.82, 2.24) is 0 Å². The summed E-state index contributed by atoms with van der Waals surface area (Å²) in [5, 5.41) is 14.7. The van der Waals surface area contributed by atoms with Crippen LogP contribution in [-0.4, -0.2) is 22.8 Å². The van der Waals surface area contributed by atoms with Crippen molar-refractivity contribution in [3.63, 3.8) is 0 Å². The highest BCUT2D eigenvalue weighted by molar-refractivity contribution is 7.16.